The second-order valence-corrected chi connectivity index (χ2v) is 7.99. The zero-order chi connectivity index (χ0) is 15.0. The van der Waals surface area contributed by atoms with Crippen LogP contribution in [0, 0.1) is 17.3 Å². The molecule has 2 aliphatic rings. The average molecular weight is 294 g/mol. The van der Waals surface area contributed by atoms with Crippen LogP contribution < -0.4 is 5.32 Å². The molecule has 1 nitrogen and oxygen atoms in total. The molecule has 0 spiro atoms. The lowest BCUT2D eigenvalue weighted by molar-refractivity contribution is 0.138. The van der Waals surface area contributed by atoms with Crippen molar-refractivity contribution in [3.05, 3.63) is 0 Å². The quantitative estimate of drug-likeness (QED) is 0.439. The average Bonchev–Trinajstić information content (AvgIpc) is 3.08. The van der Waals surface area contributed by atoms with Gasteiger partial charge in [0.2, 0.25) is 0 Å². The summed E-state index contributed by atoms with van der Waals surface area (Å²) in [4.78, 5) is 0. The maximum Gasteiger partial charge on any atom is 0.00106 e. The number of hydrogen-bond donors (Lipinski definition) is 1. The maximum atomic E-state index is 3.77. The van der Waals surface area contributed by atoms with Crippen molar-refractivity contribution in [2.24, 2.45) is 17.3 Å². The van der Waals surface area contributed by atoms with Crippen LogP contribution in [-0.4, -0.2) is 13.1 Å². The molecule has 0 saturated heterocycles. The summed E-state index contributed by atoms with van der Waals surface area (Å²) in [5.41, 5.74) is 0.696. The van der Waals surface area contributed by atoms with Crippen molar-refractivity contribution in [3.8, 4) is 0 Å². The number of nitrogens with one attached hydrogen (secondary N) is 1. The number of fused-ring (bicyclic) bond motifs is 2. The summed E-state index contributed by atoms with van der Waals surface area (Å²) in [5.74, 6) is 2.15. The van der Waals surface area contributed by atoms with Gasteiger partial charge in [-0.2, -0.15) is 0 Å². The third kappa shape index (κ3) is 4.98. The standard InChI is InChI=1S/C20H39N/c1-3-5-6-7-8-9-10-13-20(17-21-14-4-2)16-18-11-12-19(20)15-18/h18-19,21H,3-17H2,1-2H3. The lowest BCUT2D eigenvalue weighted by Crippen LogP contribution is -2.39. The fraction of sp³-hybridized carbons (Fsp3) is 1.00. The molecular formula is C20H39N. The van der Waals surface area contributed by atoms with Crippen LogP contribution in [0.3, 0.4) is 0 Å². The Morgan fingerprint density at radius 3 is 2.29 bits per heavy atom. The third-order valence-corrected chi connectivity index (χ3v) is 6.28. The molecule has 0 aromatic rings. The predicted molar refractivity (Wildman–Crippen MR) is 93.7 cm³/mol. The van der Waals surface area contributed by atoms with E-state index in [2.05, 4.69) is 19.2 Å². The van der Waals surface area contributed by atoms with E-state index in [4.69, 9.17) is 0 Å². The fourth-order valence-electron chi connectivity index (χ4n) is 5.12. The first-order valence-electron chi connectivity index (χ1n) is 10.0. The minimum Gasteiger partial charge on any atom is -0.316 e. The molecule has 2 rings (SSSR count). The molecule has 0 radical (unpaired) electrons. The van der Waals surface area contributed by atoms with E-state index in [9.17, 15) is 0 Å². The Kier molecular flexibility index (Phi) is 7.57. The normalized spacial score (nSPS) is 31.1. The Morgan fingerprint density at radius 1 is 0.905 bits per heavy atom. The Bertz CT molecular complexity index is 275. The number of unbranched alkanes of at least 4 members (excludes halogenated alkanes) is 6. The lowest BCUT2D eigenvalue weighted by Gasteiger charge is -2.38. The van der Waals surface area contributed by atoms with Gasteiger partial charge < -0.3 is 5.32 Å². The van der Waals surface area contributed by atoms with Crippen LogP contribution >= 0.6 is 0 Å². The monoisotopic (exact) mass is 293 g/mol. The molecule has 21 heavy (non-hydrogen) atoms. The van der Waals surface area contributed by atoms with Crippen LogP contribution in [0.4, 0.5) is 0 Å². The summed E-state index contributed by atoms with van der Waals surface area (Å²) in [5, 5.41) is 3.77. The predicted octanol–water partition coefficient (Wildman–Crippen LogP) is 5.93. The van der Waals surface area contributed by atoms with Crippen LogP contribution in [0.15, 0.2) is 0 Å². The summed E-state index contributed by atoms with van der Waals surface area (Å²) < 4.78 is 0. The van der Waals surface area contributed by atoms with E-state index < -0.39 is 0 Å². The summed E-state index contributed by atoms with van der Waals surface area (Å²) in [6.07, 6.45) is 19.2. The molecule has 1 heteroatoms. The van der Waals surface area contributed by atoms with E-state index in [0.29, 0.717) is 5.41 Å². The van der Waals surface area contributed by atoms with E-state index >= 15 is 0 Å². The molecule has 3 unspecified atom stereocenters. The van der Waals surface area contributed by atoms with Gasteiger partial charge in [0.05, 0.1) is 0 Å². The molecule has 3 atom stereocenters. The molecule has 1 N–H and O–H groups in total. The second kappa shape index (κ2) is 9.18. The van der Waals surface area contributed by atoms with Crippen molar-refractivity contribution in [3.63, 3.8) is 0 Å². The first-order valence-corrected chi connectivity index (χ1v) is 10.0. The maximum absolute atomic E-state index is 3.77. The third-order valence-electron chi connectivity index (χ3n) is 6.28. The summed E-state index contributed by atoms with van der Waals surface area (Å²) in [6, 6.07) is 0. The molecule has 2 aliphatic carbocycles. The van der Waals surface area contributed by atoms with Gasteiger partial charge in [-0.1, -0.05) is 65.2 Å². The second-order valence-electron chi connectivity index (χ2n) is 7.99. The van der Waals surface area contributed by atoms with Crippen LogP contribution in [0.5, 0.6) is 0 Å². The first-order chi connectivity index (χ1) is 10.3. The smallest absolute Gasteiger partial charge is 0.00106 e. The highest BCUT2D eigenvalue weighted by Gasteiger charge is 2.49. The molecule has 124 valence electrons. The fourth-order valence-corrected chi connectivity index (χ4v) is 5.12. The summed E-state index contributed by atoms with van der Waals surface area (Å²) >= 11 is 0. The first kappa shape index (κ1) is 17.3. The SMILES string of the molecule is CCCCCCCCCC1(CNCCC)CC2CCC1C2. The topological polar surface area (TPSA) is 12.0 Å². The molecule has 0 heterocycles. The Hall–Kier alpha value is -0.0400. The Labute approximate surface area is 133 Å². The molecule has 2 bridgehead atoms. The van der Waals surface area contributed by atoms with E-state index in [1.807, 2.05) is 0 Å². The van der Waals surface area contributed by atoms with E-state index in [-0.39, 0.29) is 0 Å². The highest BCUT2D eigenvalue weighted by Crippen LogP contribution is 2.57. The minimum absolute atomic E-state index is 0.696. The van der Waals surface area contributed by atoms with Crippen LogP contribution in [0.1, 0.15) is 97.3 Å². The van der Waals surface area contributed by atoms with E-state index in [1.54, 1.807) is 12.8 Å². The number of hydrogen-bond acceptors (Lipinski definition) is 1. The van der Waals surface area contributed by atoms with Gasteiger partial charge in [-0.15, -0.1) is 0 Å². The molecule has 0 aromatic heterocycles. The molecular weight excluding hydrogens is 254 g/mol. The molecule has 0 amide bonds. The van der Waals surface area contributed by atoms with Crippen molar-refractivity contribution >= 4 is 0 Å². The van der Waals surface area contributed by atoms with Gasteiger partial charge in [-0.3, -0.25) is 0 Å². The van der Waals surface area contributed by atoms with Gasteiger partial charge in [0.25, 0.3) is 0 Å². The van der Waals surface area contributed by atoms with E-state index in [1.165, 1.54) is 83.7 Å². The van der Waals surface area contributed by atoms with Gasteiger partial charge in [0.15, 0.2) is 0 Å². The summed E-state index contributed by atoms with van der Waals surface area (Å²) in [6.45, 7) is 7.13. The molecule has 0 aliphatic heterocycles. The largest absolute Gasteiger partial charge is 0.316 e. The zero-order valence-electron chi connectivity index (χ0n) is 14.8. The van der Waals surface area contributed by atoms with Gasteiger partial charge in [-0.25, -0.2) is 0 Å². The van der Waals surface area contributed by atoms with Gasteiger partial charge in [-0.05, 0) is 55.9 Å². The van der Waals surface area contributed by atoms with Crippen LogP contribution in [0.2, 0.25) is 0 Å². The summed E-state index contributed by atoms with van der Waals surface area (Å²) in [7, 11) is 0. The molecule has 2 saturated carbocycles. The van der Waals surface area contributed by atoms with Gasteiger partial charge in [0, 0.05) is 6.54 Å². The molecule has 2 fully saturated rings. The lowest BCUT2D eigenvalue weighted by atomic mass is 9.69. The van der Waals surface area contributed by atoms with Gasteiger partial charge >= 0.3 is 0 Å². The van der Waals surface area contributed by atoms with Crippen molar-refractivity contribution in [2.45, 2.75) is 97.3 Å². The van der Waals surface area contributed by atoms with Crippen molar-refractivity contribution in [1.29, 1.82) is 0 Å². The number of rotatable bonds is 12. The molecule has 0 aromatic carbocycles. The highest BCUT2D eigenvalue weighted by atomic mass is 14.9. The Balaban J connectivity index is 1.68. The highest BCUT2D eigenvalue weighted by molar-refractivity contribution is 5.01. The Morgan fingerprint density at radius 2 is 1.67 bits per heavy atom. The van der Waals surface area contributed by atoms with Crippen LogP contribution in [-0.2, 0) is 0 Å². The van der Waals surface area contributed by atoms with Crippen molar-refractivity contribution in [1.82, 2.24) is 5.32 Å². The minimum atomic E-state index is 0.696. The zero-order valence-corrected chi connectivity index (χ0v) is 14.8. The van der Waals surface area contributed by atoms with Gasteiger partial charge in [0.1, 0.15) is 0 Å². The van der Waals surface area contributed by atoms with Crippen LogP contribution in [0.25, 0.3) is 0 Å². The van der Waals surface area contributed by atoms with E-state index in [0.717, 1.165) is 11.8 Å². The van der Waals surface area contributed by atoms with Crippen molar-refractivity contribution < 1.29 is 0 Å². The van der Waals surface area contributed by atoms with Crippen molar-refractivity contribution in [2.75, 3.05) is 13.1 Å².